The SMILES string of the molecule is COc1ccc2[nH]c(-c3cccc(I)c3)c(CCCCN)c2c1. The fourth-order valence-corrected chi connectivity index (χ4v) is 3.49. The molecule has 0 amide bonds. The average molecular weight is 420 g/mol. The monoisotopic (exact) mass is 420 g/mol. The van der Waals surface area contributed by atoms with Crippen LogP contribution < -0.4 is 10.5 Å². The Bertz CT molecular complexity index is 810. The van der Waals surface area contributed by atoms with Crippen LogP contribution in [-0.4, -0.2) is 18.6 Å². The second kappa shape index (κ2) is 7.36. The molecule has 0 atom stereocenters. The van der Waals surface area contributed by atoms with Crippen molar-refractivity contribution in [1.82, 2.24) is 4.98 Å². The van der Waals surface area contributed by atoms with Crippen molar-refractivity contribution in [2.45, 2.75) is 19.3 Å². The van der Waals surface area contributed by atoms with Crippen LogP contribution in [0.4, 0.5) is 0 Å². The van der Waals surface area contributed by atoms with E-state index in [0.29, 0.717) is 0 Å². The van der Waals surface area contributed by atoms with Crippen molar-refractivity contribution >= 4 is 33.5 Å². The normalized spacial score (nSPS) is 11.1. The second-order valence-electron chi connectivity index (χ2n) is 5.65. The van der Waals surface area contributed by atoms with E-state index >= 15 is 0 Å². The number of hydrogen-bond acceptors (Lipinski definition) is 2. The topological polar surface area (TPSA) is 51.0 Å². The van der Waals surface area contributed by atoms with E-state index in [4.69, 9.17) is 10.5 Å². The summed E-state index contributed by atoms with van der Waals surface area (Å²) in [6.45, 7) is 0.740. The van der Waals surface area contributed by atoms with Gasteiger partial charge in [-0.1, -0.05) is 12.1 Å². The molecule has 0 saturated carbocycles. The lowest BCUT2D eigenvalue weighted by Gasteiger charge is -2.06. The third-order valence-electron chi connectivity index (χ3n) is 4.11. The van der Waals surface area contributed by atoms with E-state index in [1.165, 1.54) is 25.8 Å². The molecule has 0 aliphatic carbocycles. The number of benzene rings is 2. The maximum atomic E-state index is 5.67. The van der Waals surface area contributed by atoms with Crippen molar-refractivity contribution < 1.29 is 4.74 Å². The van der Waals surface area contributed by atoms with Crippen LogP contribution in [0, 0.1) is 3.57 Å². The third kappa shape index (κ3) is 3.53. The zero-order valence-corrected chi connectivity index (χ0v) is 15.4. The Balaban J connectivity index is 2.13. The summed E-state index contributed by atoms with van der Waals surface area (Å²) in [5, 5.41) is 1.25. The Labute approximate surface area is 150 Å². The van der Waals surface area contributed by atoms with Crippen molar-refractivity contribution in [3.8, 4) is 17.0 Å². The third-order valence-corrected chi connectivity index (χ3v) is 4.78. The summed E-state index contributed by atoms with van der Waals surface area (Å²) in [5.74, 6) is 0.894. The number of nitrogens with one attached hydrogen (secondary N) is 1. The van der Waals surface area contributed by atoms with Gasteiger partial charge in [0.15, 0.2) is 0 Å². The quantitative estimate of drug-likeness (QED) is 0.448. The minimum absolute atomic E-state index is 0.740. The standard InChI is InChI=1S/C19H21IN2O/c1-23-15-8-9-18-17(12-15)16(7-2-3-10-21)19(22-18)13-5-4-6-14(20)11-13/h4-6,8-9,11-12,22H,2-3,7,10,21H2,1H3. The molecule has 0 bridgehead atoms. The van der Waals surface area contributed by atoms with Crippen LogP contribution in [0.25, 0.3) is 22.2 Å². The van der Waals surface area contributed by atoms with Crippen molar-refractivity contribution in [1.29, 1.82) is 0 Å². The molecule has 1 heterocycles. The zero-order valence-electron chi connectivity index (χ0n) is 13.2. The molecule has 0 aliphatic rings. The highest BCUT2D eigenvalue weighted by molar-refractivity contribution is 14.1. The fraction of sp³-hybridized carbons (Fsp3) is 0.263. The van der Waals surface area contributed by atoms with Crippen LogP contribution >= 0.6 is 22.6 Å². The summed E-state index contributed by atoms with van der Waals surface area (Å²) < 4.78 is 6.64. The first-order valence-electron chi connectivity index (χ1n) is 7.87. The number of fused-ring (bicyclic) bond motifs is 1. The molecule has 120 valence electrons. The van der Waals surface area contributed by atoms with Gasteiger partial charge in [0.25, 0.3) is 0 Å². The molecule has 3 aromatic rings. The van der Waals surface area contributed by atoms with Crippen molar-refractivity contribution in [3.05, 3.63) is 51.6 Å². The van der Waals surface area contributed by atoms with Crippen LogP contribution in [0.1, 0.15) is 18.4 Å². The van der Waals surface area contributed by atoms with E-state index in [-0.39, 0.29) is 0 Å². The van der Waals surface area contributed by atoms with Crippen LogP contribution in [0.3, 0.4) is 0 Å². The molecule has 1 aromatic heterocycles. The van der Waals surface area contributed by atoms with Crippen LogP contribution in [0.2, 0.25) is 0 Å². The zero-order chi connectivity index (χ0) is 16.2. The Morgan fingerprint density at radius 2 is 2.00 bits per heavy atom. The first kappa shape index (κ1) is 16.3. The number of aryl methyl sites for hydroxylation is 1. The summed E-state index contributed by atoms with van der Waals surface area (Å²) in [6, 6.07) is 14.8. The smallest absolute Gasteiger partial charge is 0.119 e. The van der Waals surface area contributed by atoms with Crippen molar-refractivity contribution in [3.63, 3.8) is 0 Å². The maximum absolute atomic E-state index is 5.67. The largest absolute Gasteiger partial charge is 0.497 e. The molecule has 0 spiro atoms. The van der Waals surface area contributed by atoms with Gasteiger partial charge >= 0.3 is 0 Å². The molecule has 0 fully saturated rings. The average Bonchev–Trinajstić information content (AvgIpc) is 2.93. The number of unbranched alkanes of at least 4 members (excludes halogenated alkanes) is 1. The highest BCUT2D eigenvalue weighted by Crippen LogP contribution is 2.34. The second-order valence-corrected chi connectivity index (χ2v) is 6.89. The van der Waals surface area contributed by atoms with E-state index in [0.717, 1.165) is 37.1 Å². The van der Waals surface area contributed by atoms with Gasteiger partial charge in [-0.2, -0.15) is 0 Å². The molecular weight excluding hydrogens is 399 g/mol. The lowest BCUT2D eigenvalue weighted by Crippen LogP contribution is -1.99. The number of halogens is 1. The van der Waals surface area contributed by atoms with Crippen molar-refractivity contribution in [2.75, 3.05) is 13.7 Å². The molecule has 3 nitrogen and oxygen atoms in total. The lowest BCUT2D eigenvalue weighted by molar-refractivity contribution is 0.415. The number of aromatic nitrogens is 1. The minimum Gasteiger partial charge on any atom is -0.497 e. The predicted molar refractivity (Wildman–Crippen MR) is 105 cm³/mol. The Hall–Kier alpha value is -1.53. The number of nitrogens with two attached hydrogens (primary N) is 1. The van der Waals surface area contributed by atoms with Gasteiger partial charge in [0.1, 0.15) is 5.75 Å². The van der Waals surface area contributed by atoms with Gasteiger partial charge < -0.3 is 15.5 Å². The molecular formula is C19H21IN2O. The number of ether oxygens (including phenoxy) is 1. The van der Waals surface area contributed by atoms with E-state index in [1.807, 2.05) is 6.07 Å². The van der Waals surface area contributed by atoms with Crippen LogP contribution in [0.15, 0.2) is 42.5 Å². The Kier molecular flexibility index (Phi) is 5.23. The number of methoxy groups -OCH3 is 1. The Morgan fingerprint density at radius 1 is 1.13 bits per heavy atom. The maximum Gasteiger partial charge on any atom is 0.119 e. The Morgan fingerprint density at radius 3 is 2.74 bits per heavy atom. The van der Waals surface area contributed by atoms with E-state index < -0.39 is 0 Å². The molecule has 0 saturated heterocycles. The molecule has 23 heavy (non-hydrogen) atoms. The van der Waals surface area contributed by atoms with Crippen LogP contribution in [0.5, 0.6) is 5.75 Å². The van der Waals surface area contributed by atoms with Gasteiger partial charge in [0, 0.05) is 20.2 Å². The molecule has 2 aromatic carbocycles. The summed E-state index contributed by atoms with van der Waals surface area (Å²) in [4.78, 5) is 3.60. The highest BCUT2D eigenvalue weighted by atomic mass is 127. The van der Waals surface area contributed by atoms with E-state index in [2.05, 4.69) is 64.0 Å². The molecule has 3 rings (SSSR count). The summed E-state index contributed by atoms with van der Waals surface area (Å²) in [7, 11) is 1.71. The highest BCUT2D eigenvalue weighted by Gasteiger charge is 2.14. The van der Waals surface area contributed by atoms with Gasteiger partial charge in [-0.05, 0) is 89.9 Å². The first-order chi connectivity index (χ1) is 11.2. The number of aromatic amines is 1. The van der Waals surface area contributed by atoms with E-state index in [1.54, 1.807) is 7.11 Å². The molecule has 0 aliphatic heterocycles. The van der Waals surface area contributed by atoms with Gasteiger partial charge in [0.05, 0.1) is 7.11 Å². The number of H-pyrrole nitrogens is 1. The lowest BCUT2D eigenvalue weighted by atomic mass is 10.0. The van der Waals surface area contributed by atoms with Gasteiger partial charge in [-0.25, -0.2) is 0 Å². The molecule has 0 unspecified atom stereocenters. The molecule has 3 N–H and O–H groups in total. The van der Waals surface area contributed by atoms with Gasteiger partial charge in [-0.3, -0.25) is 0 Å². The fourth-order valence-electron chi connectivity index (χ4n) is 2.95. The van der Waals surface area contributed by atoms with E-state index in [9.17, 15) is 0 Å². The summed E-state index contributed by atoms with van der Waals surface area (Å²) in [6.07, 6.45) is 3.16. The van der Waals surface area contributed by atoms with Crippen LogP contribution in [-0.2, 0) is 6.42 Å². The number of hydrogen-bond donors (Lipinski definition) is 2. The van der Waals surface area contributed by atoms with Gasteiger partial charge in [-0.15, -0.1) is 0 Å². The van der Waals surface area contributed by atoms with Crippen molar-refractivity contribution in [2.24, 2.45) is 5.73 Å². The molecule has 0 radical (unpaired) electrons. The number of rotatable bonds is 6. The van der Waals surface area contributed by atoms with Gasteiger partial charge in [0.2, 0.25) is 0 Å². The minimum atomic E-state index is 0.740. The first-order valence-corrected chi connectivity index (χ1v) is 8.95. The summed E-state index contributed by atoms with van der Waals surface area (Å²) >= 11 is 2.36. The predicted octanol–water partition coefficient (Wildman–Crippen LogP) is 4.73. The molecule has 4 heteroatoms. The summed E-state index contributed by atoms with van der Waals surface area (Å²) in [5.41, 5.74) is 10.6.